The monoisotopic (exact) mass is 427 g/mol. The number of halogens is 1. The van der Waals surface area contributed by atoms with Gasteiger partial charge in [-0.2, -0.15) is 5.11 Å². The van der Waals surface area contributed by atoms with E-state index in [1.54, 1.807) is 54.6 Å². The Kier molecular flexibility index (Phi) is 4.44. The minimum absolute atomic E-state index is 0.178. The molecular formula is C18H14BrN5O3. The lowest BCUT2D eigenvalue weighted by Gasteiger charge is -2.20. The second kappa shape index (κ2) is 6.92. The van der Waals surface area contributed by atoms with Gasteiger partial charge in [0.15, 0.2) is 12.1 Å². The van der Waals surface area contributed by atoms with Crippen LogP contribution in [0, 0.1) is 0 Å². The molecule has 0 saturated carbocycles. The maximum Gasteiger partial charge on any atom is 0.263 e. The number of hydrogen-bond donors (Lipinski definition) is 1. The van der Waals surface area contributed by atoms with Crippen LogP contribution in [0.15, 0.2) is 69.4 Å². The van der Waals surface area contributed by atoms with E-state index in [-0.39, 0.29) is 12.5 Å². The molecule has 2 aliphatic heterocycles. The molecule has 136 valence electrons. The van der Waals surface area contributed by atoms with Crippen LogP contribution in [0.3, 0.4) is 0 Å². The van der Waals surface area contributed by atoms with Gasteiger partial charge in [-0.3, -0.25) is 19.4 Å². The molecule has 27 heavy (non-hydrogen) atoms. The lowest BCUT2D eigenvalue weighted by atomic mass is 10.1. The van der Waals surface area contributed by atoms with Crippen LogP contribution < -0.4 is 10.2 Å². The molecule has 8 nitrogen and oxygen atoms in total. The van der Waals surface area contributed by atoms with Crippen molar-refractivity contribution in [3.8, 4) is 0 Å². The van der Waals surface area contributed by atoms with E-state index >= 15 is 0 Å². The summed E-state index contributed by atoms with van der Waals surface area (Å²) in [6.45, 7) is -0.178. The van der Waals surface area contributed by atoms with E-state index in [0.29, 0.717) is 11.4 Å². The molecule has 2 aliphatic rings. The van der Waals surface area contributed by atoms with Crippen molar-refractivity contribution in [2.24, 2.45) is 10.3 Å². The molecule has 2 heterocycles. The molecule has 4 rings (SSSR count). The number of rotatable bonds is 4. The third kappa shape index (κ3) is 3.21. The maximum absolute atomic E-state index is 12.8. The van der Waals surface area contributed by atoms with Crippen LogP contribution in [-0.4, -0.2) is 41.4 Å². The predicted octanol–water partition coefficient (Wildman–Crippen LogP) is 2.38. The van der Waals surface area contributed by atoms with Crippen LogP contribution in [-0.2, 0) is 14.4 Å². The van der Waals surface area contributed by atoms with Crippen molar-refractivity contribution in [2.45, 2.75) is 12.1 Å². The Morgan fingerprint density at radius 3 is 2.44 bits per heavy atom. The summed E-state index contributed by atoms with van der Waals surface area (Å²) >= 11 is 3.33. The fraction of sp³-hybridized carbons (Fsp3) is 0.167. The van der Waals surface area contributed by atoms with Crippen LogP contribution in [0.1, 0.15) is 0 Å². The number of anilines is 2. The van der Waals surface area contributed by atoms with Gasteiger partial charge in [0.25, 0.3) is 11.8 Å². The number of imide groups is 1. The van der Waals surface area contributed by atoms with Crippen molar-refractivity contribution in [1.29, 1.82) is 0 Å². The van der Waals surface area contributed by atoms with E-state index in [4.69, 9.17) is 0 Å². The number of nitrogens with one attached hydrogen (secondary N) is 1. The van der Waals surface area contributed by atoms with Crippen molar-refractivity contribution in [3.05, 3.63) is 59.1 Å². The average molecular weight is 428 g/mol. The van der Waals surface area contributed by atoms with E-state index in [1.807, 2.05) is 0 Å². The van der Waals surface area contributed by atoms with E-state index in [1.165, 1.54) is 5.01 Å². The van der Waals surface area contributed by atoms with Crippen molar-refractivity contribution >= 4 is 45.0 Å². The van der Waals surface area contributed by atoms with Gasteiger partial charge < -0.3 is 5.32 Å². The van der Waals surface area contributed by atoms with E-state index in [2.05, 4.69) is 31.6 Å². The van der Waals surface area contributed by atoms with E-state index in [0.717, 1.165) is 9.37 Å². The number of nitrogens with zero attached hydrogens (tertiary/aromatic N) is 4. The molecule has 2 atom stereocenters. The van der Waals surface area contributed by atoms with E-state index < -0.39 is 23.9 Å². The molecule has 2 aromatic carbocycles. The van der Waals surface area contributed by atoms with Crippen LogP contribution >= 0.6 is 15.9 Å². The molecule has 1 saturated heterocycles. The zero-order chi connectivity index (χ0) is 19.0. The van der Waals surface area contributed by atoms with Gasteiger partial charge in [-0.25, -0.2) is 4.90 Å². The van der Waals surface area contributed by atoms with Crippen molar-refractivity contribution < 1.29 is 14.4 Å². The molecule has 2 aromatic rings. The van der Waals surface area contributed by atoms with Gasteiger partial charge in [-0.1, -0.05) is 39.4 Å². The molecule has 0 unspecified atom stereocenters. The van der Waals surface area contributed by atoms with E-state index in [9.17, 15) is 14.4 Å². The summed E-state index contributed by atoms with van der Waals surface area (Å²) in [6, 6.07) is 13.9. The highest BCUT2D eigenvalue weighted by Gasteiger charge is 2.55. The quantitative estimate of drug-likeness (QED) is 0.757. The summed E-state index contributed by atoms with van der Waals surface area (Å²) in [4.78, 5) is 38.8. The predicted molar refractivity (Wildman–Crippen MR) is 101 cm³/mol. The van der Waals surface area contributed by atoms with Gasteiger partial charge in [-0.05, 0) is 36.4 Å². The highest BCUT2D eigenvalue weighted by atomic mass is 79.9. The molecule has 0 spiro atoms. The Labute approximate surface area is 163 Å². The third-order valence-corrected chi connectivity index (χ3v) is 4.83. The largest absolute Gasteiger partial charge is 0.324 e. The van der Waals surface area contributed by atoms with Crippen LogP contribution in [0.25, 0.3) is 0 Å². The van der Waals surface area contributed by atoms with Crippen LogP contribution in [0.5, 0.6) is 0 Å². The number of carbonyl (C=O) groups excluding carboxylic acids is 3. The molecule has 1 fully saturated rings. The number of para-hydroxylation sites is 1. The Bertz CT molecular complexity index is 932. The lowest BCUT2D eigenvalue weighted by Crippen LogP contribution is -2.43. The second-order valence-electron chi connectivity index (χ2n) is 6.09. The zero-order valence-corrected chi connectivity index (χ0v) is 15.5. The Hall–Kier alpha value is -3.07. The molecule has 3 amide bonds. The molecule has 0 bridgehead atoms. The number of fused-ring (bicyclic) bond motifs is 1. The lowest BCUT2D eigenvalue weighted by molar-refractivity contribution is -0.123. The molecule has 9 heteroatoms. The average Bonchev–Trinajstić information content (AvgIpc) is 3.18. The standard InChI is InChI=1S/C18H14BrN5O3/c19-11-6-8-12(9-7-11)20-14(25)10-23-16-15(21-22-23)17(26)24(18(16)27)13-4-2-1-3-5-13/h1-9,15-16H,10H2,(H,20,25)/t15-,16-/m1/s1. The van der Waals surface area contributed by atoms with Crippen LogP contribution in [0.2, 0.25) is 0 Å². The summed E-state index contributed by atoms with van der Waals surface area (Å²) in [5.74, 6) is -1.22. The third-order valence-electron chi connectivity index (χ3n) is 4.31. The normalized spacial score (nSPS) is 20.9. The van der Waals surface area contributed by atoms with Crippen molar-refractivity contribution in [1.82, 2.24) is 5.01 Å². The summed E-state index contributed by atoms with van der Waals surface area (Å²) in [7, 11) is 0. The van der Waals surface area contributed by atoms with Gasteiger partial charge in [0.05, 0.1) is 5.69 Å². The number of amides is 3. The molecular weight excluding hydrogens is 414 g/mol. The topological polar surface area (TPSA) is 94.4 Å². The first kappa shape index (κ1) is 17.3. The first-order chi connectivity index (χ1) is 13.0. The van der Waals surface area contributed by atoms with Crippen LogP contribution in [0.4, 0.5) is 11.4 Å². The molecule has 0 aliphatic carbocycles. The number of benzene rings is 2. The van der Waals surface area contributed by atoms with Gasteiger partial charge in [0, 0.05) is 10.2 Å². The fourth-order valence-electron chi connectivity index (χ4n) is 3.07. The van der Waals surface area contributed by atoms with Crippen molar-refractivity contribution in [2.75, 3.05) is 16.8 Å². The number of carbonyl (C=O) groups is 3. The van der Waals surface area contributed by atoms with Gasteiger partial charge in [0.2, 0.25) is 5.91 Å². The minimum Gasteiger partial charge on any atom is -0.324 e. The molecule has 0 aromatic heterocycles. The highest BCUT2D eigenvalue weighted by Crippen LogP contribution is 2.31. The summed E-state index contributed by atoms with van der Waals surface area (Å²) in [5.41, 5.74) is 1.10. The van der Waals surface area contributed by atoms with Gasteiger partial charge in [-0.15, -0.1) is 0 Å². The summed E-state index contributed by atoms with van der Waals surface area (Å²) in [5, 5.41) is 11.8. The summed E-state index contributed by atoms with van der Waals surface area (Å²) < 4.78 is 0.896. The second-order valence-corrected chi connectivity index (χ2v) is 7.01. The maximum atomic E-state index is 12.8. The smallest absolute Gasteiger partial charge is 0.263 e. The highest BCUT2D eigenvalue weighted by molar-refractivity contribution is 9.10. The Morgan fingerprint density at radius 2 is 1.74 bits per heavy atom. The summed E-state index contributed by atoms with van der Waals surface area (Å²) in [6.07, 6.45) is 0. The van der Waals surface area contributed by atoms with Crippen molar-refractivity contribution in [3.63, 3.8) is 0 Å². The Morgan fingerprint density at radius 1 is 1.04 bits per heavy atom. The van der Waals surface area contributed by atoms with Gasteiger partial charge in [0.1, 0.15) is 6.54 Å². The first-order valence-electron chi connectivity index (χ1n) is 8.20. The number of hydrogen-bond acceptors (Lipinski definition) is 6. The first-order valence-corrected chi connectivity index (χ1v) is 8.99. The zero-order valence-electron chi connectivity index (χ0n) is 13.9. The SMILES string of the molecule is O=C(CN1N=N[C@H]2C(=O)N(c3ccccc3)C(=O)[C@@H]21)Nc1ccc(Br)cc1. The molecule has 1 N–H and O–H groups in total. The minimum atomic E-state index is -0.918. The molecule has 0 radical (unpaired) electrons. The van der Waals surface area contributed by atoms with Gasteiger partial charge >= 0.3 is 0 Å². The fourth-order valence-corrected chi connectivity index (χ4v) is 3.33. The Balaban J connectivity index is 1.47.